The average molecular weight is 922 g/mol. The van der Waals surface area contributed by atoms with E-state index in [0.717, 1.165) is 44.1 Å². The molecule has 0 unspecified atom stereocenters. The molecule has 0 atom stereocenters. The van der Waals surface area contributed by atoms with Crippen LogP contribution in [0.3, 0.4) is 0 Å². The molecule has 54 heavy (non-hydrogen) atoms. The van der Waals surface area contributed by atoms with Crippen LogP contribution in [0.25, 0.3) is 0 Å². The second-order valence-electron chi connectivity index (χ2n) is 13.2. The van der Waals surface area contributed by atoms with Crippen molar-refractivity contribution in [1.82, 2.24) is 0 Å². The molecule has 2 aliphatic rings. The fourth-order valence-electron chi connectivity index (χ4n) is 7.71. The monoisotopic (exact) mass is 920 g/mol. The summed E-state index contributed by atoms with van der Waals surface area (Å²) in [6.45, 7) is 0. The summed E-state index contributed by atoms with van der Waals surface area (Å²) < 4.78 is 34.8. The first kappa shape index (κ1) is 34.4. The van der Waals surface area contributed by atoms with E-state index in [4.69, 9.17) is 12.1 Å². The topological polar surface area (TPSA) is 36.9 Å². The number of benzene rings is 8. The van der Waals surface area contributed by atoms with Gasteiger partial charge in [0.15, 0.2) is 0 Å². The fourth-order valence-corrected chi connectivity index (χ4v) is 34.9. The second-order valence-corrected chi connectivity index (χ2v) is 35.0. The molecule has 0 saturated carbocycles. The molecule has 8 aromatic carbocycles. The van der Waals surface area contributed by atoms with Gasteiger partial charge in [0.2, 0.25) is 0 Å². The summed E-state index contributed by atoms with van der Waals surface area (Å²) in [6.07, 6.45) is 0. The molecule has 2 aliphatic heterocycles. The Morgan fingerprint density at radius 1 is 0.185 bits per heavy atom. The number of para-hydroxylation sites is 4. The molecule has 0 saturated heterocycles. The van der Waals surface area contributed by atoms with Gasteiger partial charge in [0.1, 0.15) is 0 Å². The Bertz CT molecular complexity index is 2080. The van der Waals surface area contributed by atoms with Gasteiger partial charge in [-0.3, -0.25) is 0 Å². The van der Waals surface area contributed by atoms with Crippen molar-refractivity contribution in [2.75, 3.05) is 0 Å². The van der Waals surface area contributed by atoms with Gasteiger partial charge >= 0.3 is 323 Å². The maximum absolute atomic E-state index is 7.02. The zero-order valence-electron chi connectivity index (χ0n) is 29.5. The van der Waals surface area contributed by atoms with Gasteiger partial charge in [-0.05, 0) is 0 Å². The predicted octanol–water partition coefficient (Wildman–Crippen LogP) is 7.15. The van der Waals surface area contributed by atoms with Crippen LogP contribution in [0.2, 0.25) is 0 Å². The van der Waals surface area contributed by atoms with Crippen LogP contribution in [0.4, 0.5) is 0 Å². The summed E-state index contributed by atoms with van der Waals surface area (Å²) in [5, 5.41) is 0. The number of fused-ring (bicyclic) bond motifs is 2. The molecule has 6 heteroatoms. The zero-order chi connectivity index (χ0) is 36.4. The summed E-state index contributed by atoms with van der Waals surface area (Å²) in [7, 11) is 0. The molecule has 10 rings (SSSR count). The minimum atomic E-state index is -4.72. The van der Waals surface area contributed by atoms with E-state index in [0.29, 0.717) is 0 Å². The number of hydrogen-bond acceptors (Lipinski definition) is 4. The predicted molar refractivity (Wildman–Crippen MR) is 223 cm³/mol. The van der Waals surface area contributed by atoms with Gasteiger partial charge in [-0.2, -0.15) is 0 Å². The summed E-state index contributed by atoms with van der Waals surface area (Å²) in [5.74, 6) is 3.26. The second kappa shape index (κ2) is 13.8. The molecule has 4 nitrogen and oxygen atoms in total. The van der Waals surface area contributed by atoms with Crippen LogP contribution in [0, 0.1) is 0 Å². The molecule has 0 bridgehead atoms. The van der Waals surface area contributed by atoms with Crippen molar-refractivity contribution in [2.24, 2.45) is 0 Å². The van der Waals surface area contributed by atoms with E-state index in [2.05, 4.69) is 146 Å². The summed E-state index contributed by atoms with van der Waals surface area (Å²) in [5.41, 5.74) is 0. The van der Waals surface area contributed by atoms with E-state index in [1.54, 1.807) is 0 Å². The van der Waals surface area contributed by atoms with Gasteiger partial charge in [0.25, 0.3) is 0 Å². The maximum atomic E-state index is 7.02. The van der Waals surface area contributed by atoms with Gasteiger partial charge < -0.3 is 0 Å². The van der Waals surface area contributed by atoms with Crippen LogP contribution in [0.1, 0.15) is 0 Å². The molecule has 0 aliphatic carbocycles. The molecule has 0 spiro atoms. The van der Waals surface area contributed by atoms with E-state index >= 15 is 0 Å². The Kier molecular flexibility index (Phi) is 8.77. The van der Waals surface area contributed by atoms with Crippen molar-refractivity contribution in [2.45, 2.75) is 0 Å². The summed E-state index contributed by atoms with van der Waals surface area (Å²) in [6, 6.07) is 78.7. The first-order chi connectivity index (χ1) is 26.6. The van der Waals surface area contributed by atoms with Crippen LogP contribution in [0.15, 0.2) is 231 Å². The van der Waals surface area contributed by atoms with E-state index in [1.807, 2.05) is 84.9 Å². The Morgan fingerprint density at radius 3 is 0.500 bits per heavy atom. The van der Waals surface area contributed by atoms with Gasteiger partial charge in [0.05, 0.1) is 0 Å². The van der Waals surface area contributed by atoms with Gasteiger partial charge in [-0.25, -0.2) is 0 Å². The molecule has 0 aromatic heterocycles. The van der Waals surface area contributed by atoms with E-state index in [1.165, 1.54) is 0 Å². The first-order valence-electron chi connectivity index (χ1n) is 18.0. The quantitative estimate of drug-likeness (QED) is 0.166. The molecule has 8 aromatic rings. The third-order valence-corrected chi connectivity index (χ3v) is 37.5. The molecular weight excluding hydrogens is 884 g/mol. The third-order valence-electron chi connectivity index (χ3n) is 10.1. The van der Waals surface area contributed by atoms with E-state index in [9.17, 15) is 0 Å². The van der Waals surface area contributed by atoms with Crippen LogP contribution >= 0.6 is 0 Å². The van der Waals surface area contributed by atoms with Crippen LogP contribution in [-0.4, -0.2) is 36.5 Å². The average Bonchev–Trinajstić information content (AvgIpc) is 3.84. The number of hydrogen-bond donors (Lipinski definition) is 0. The molecule has 0 N–H and O–H groups in total. The zero-order valence-corrected chi connectivity index (χ0v) is 34.6. The van der Waals surface area contributed by atoms with Crippen molar-refractivity contribution in [1.29, 1.82) is 0 Å². The molecular formula is C48H38O4Sb2. The Hall–Kier alpha value is -5.40. The van der Waals surface area contributed by atoms with Crippen molar-refractivity contribution >= 4 is 57.5 Å². The van der Waals surface area contributed by atoms with Gasteiger partial charge in [-0.15, -0.1) is 0 Å². The van der Waals surface area contributed by atoms with Crippen molar-refractivity contribution in [3.63, 3.8) is 0 Å². The summed E-state index contributed by atoms with van der Waals surface area (Å²) >= 11 is -9.44. The summed E-state index contributed by atoms with van der Waals surface area (Å²) in [4.78, 5) is 0. The minimum absolute atomic E-state index is 0.816. The Labute approximate surface area is 320 Å². The molecule has 0 radical (unpaired) electrons. The van der Waals surface area contributed by atoms with Crippen molar-refractivity contribution < 1.29 is 12.1 Å². The normalized spacial score (nSPS) is 17.6. The first-order valence-corrected chi connectivity index (χ1v) is 29.8. The molecule has 0 amide bonds. The fraction of sp³-hybridized carbons (Fsp3) is 0. The van der Waals surface area contributed by atoms with Crippen LogP contribution in [0.5, 0.6) is 23.0 Å². The Balaban J connectivity index is 0.000000142. The van der Waals surface area contributed by atoms with Crippen molar-refractivity contribution in [3.05, 3.63) is 231 Å². The third kappa shape index (κ3) is 5.19. The number of rotatable bonds is 6. The molecule has 264 valence electrons. The van der Waals surface area contributed by atoms with E-state index in [-0.39, 0.29) is 0 Å². The van der Waals surface area contributed by atoms with E-state index < -0.39 is 36.5 Å². The molecule has 2 heterocycles. The Morgan fingerprint density at radius 2 is 0.333 bits per heavy atom. The van der Waals surface area contributed by atoms with Gasteiger partial charge in [-0.1, -0.05) is 0 Å². The van der Waals surface area contributed by atoms with Crippen LogP contribution in [-0.2, 0) is 0 Å². The van der Waals surface area contributed by atoms with Crippen molar-refractivity contribution in [3.8, 4) is 23.0 Å². The standard InChI is InChI=1S/2C6H6O2.6C6H5.2Sb/c2*7-5-3-1-2-4-6(5)8;6*1-2-4-6-5-3-1;;/h2*1-4,7-8H;6*1-5H;;/q;;;;;;;;2*+2/p-4. The van der Waals surface area contributed by atoms with Crippen LogP contribution < -0.4 is 33.1 Å². The van der Waals surface area contributed by atoms with Gasteiger partial charge in [0, 0.05) is 0 Å². The molecule has 0 fully saturated rings. The SMILES string of the molecule is c1cc[c]([Sb]2([c]3ccccc3)([c]3ccccc3)[O]c3ccccc3[O]2)cc1.c1cc[c]([Sb]2([c]3ccccc3)([c]3ccccc3)[O]c3ccccc3[O]2)cc1.